The molecule has 33 heavy (non-hydrogen) atoms. The van der Waals surface area contributed by atoms with E-state index in [9.17, 15) is 27.6 Å². The third kappa shape index (κ3) is 7.30. The number of carbonyl (C=O) groups is 2. The van der Waals surface area contributed by atoms with E-state index in [0.717, 1.165) is 5.56 Å². The second-order valence-electron chi connectivity index (χ2n) is 7.05. The zero-order valence-electron chi connectivity index (χ0n) is 17.0. The molecule has 3 rings (SSSR count). The SMILES string of the molecule is N#Cc1ccc(-c2ccc(C[C@@H](C#N)NC(=O)C3CNC3)c(F)c2)cc1.O=C(O)C(F)(F)F. The monoisotopic (exact) mass is 462 g/mol. The Bertz CT molecular complexity index is 1080. The van der Waals surface area contributed by atoms with Gasteiger partial charge in [0.15, 0.2) is 0 Å². The number of carboxylic acids is 1. The molecule has 7 nitrogen and oxygen atoms in total. The number of hydrogen-bond donors (Lipinski definition) is 3. The average molecular weight is 462 g/mol. The highest BCUT2D eigenvalue weighted by molar-refractivity contribution is 5.80. The van der Waals surface area contributed by atoms with E-state index in [4.69, 9.17) is 15.2 Å². The summed E-state index contributed by atoms with van der Waals surface area (Å²) in [6.07, 6.45) is -4.97. The van der Waals surface area contributed by atoms with E-state index in [-0.39, 0.29) is 18.2 Å². The fraction of sp³-hybridized carbons (Fsp3) is 0.273. The summed E-state index contributed by atoms with van der Waals surface area (Å²) in [5.74, 6) is -3.47. The van der Waals surface area contributed by atoms with Crippen molar-refractivity contribution in [3.8, 4) is 23.3 Å². The first kappa shape index (κ1) is 25.3. The Hall–Kier alpha value is -3.96. The summed E-state index contributed by atoms with van der Waals surface area (Å²) in [5.41, 5.74) is 2.41. The first-order chi connectivity index (χ1) is 15.5. The van der Waals surface area contributed by atoms with Crippen molar-refractivity contribution in [3.05, 3.63) is 59.4 Å². The van der Waals surface area contributed by atoms with Gasteiger partial charge in [-0.25, -0.2) is 9.18 Å². The lowest BCUT2D eigenvalue weighted by Crippen LogP contribution is -2.52. The largest absolute Gasteiger partial charge is 0.490 e. The quantitative estimate of drug-likeness (QED) is 0.587. The van der Waals surface area contributed by atoms with Gasteiger partial charge in [0.1, 0.15) is 11.9 Å². The van der Waals surface area contributed by atoms with Gasteiger partial charge in [-0.1, -0.05) is 24.3 Å². The van der Waals surface area contributed by atoms with Gasteiger partial charge in [-0.15, -0.1) is 0 Å². The second-order valence-corrected chi connectivity index (χ2v) is 7.05. The molecule has 0 unspecified atom stereocenters. The number of nitrogens with zero attached hydrogens (tertiary/aromatic N) is 2. The van der Waals surface area contributed by atoms with Gasteiger partial charge in [0.25, 0.3) is 0 Å². The smallest absolute Gasteiger partial charge is 0.475 e. The molecule has 0 aliphatic carbocycles. The number of halogens is 4. The van der Waals surface area contributed by atoms with Crippen LogP contribution < -0.4 is 10.6 Å². The molecule has 0 radical (unpaired) electrons. The third-order valence-corrected chi connectivity index (χ3v) is 4.69. The lowest BCUT2D eigenvalue weighted by molar-refractivity contribution is -0.192. The van der Waals surface area contributed by atoms with Crippen LogP contribution in [-0.2, 0) is 16.0 Å². The molecular formula is C22H18F4N4O3. The normalized spacial score (nSPS) is 13.9. The summed E-state index contributed by atoms with van der Waals surface area (Å²) < 4.78 is 46.2. The van der Waals surface area contributed by atoms with Crippen molar-refractivity contribution >= 4 is 11.9 Å². The van der Waals surface area contributed by atoms with Crippen molar-refractivity contribution < 1.29 is 32.3 Å². The van der Waals surface area contributed by atoms with Gasteiger partial charge < -0.3 is 15.7 Å². The minimum Gasteiger partial charge on any atom is -0.475 e. The van der Waals surface area contributed by atoms with Crippen molar-refractivity contribution in [1.82, 2.24) is 10.6 Å². The zero-order chi connectivity index (χ0) is 24.6. The summed E-state index contributed by atoms with van der Waals surface area (Å²) in [7, 11) is 0. The van der Waals surface area contributed by atoms with Crippen LogP contribution in [0.25, 0.3) is 11.1 Å². The Morgan fingerprint density at radius 1 is 1.12 bits per heavy atom. The van der Waals surface area contributed by atoms with Gasteiger partial charge >= 0.3 is 12.1 Å². The third-order valence-electron chi connectivity index (χ3n) is 4.69. The molecule has 1 atom stereocenters. The van der Waals surface area contributed by atoms with Gasteiger partial charge in [0, 0.05) is 19.5 Å². The molecule has 1 amide bonds. The van der Waals surface area contributed by atoms with E-state index in [1.807, 2.05) is 12.1 Å². The van der Waals surface area contributed by atoms with Crippen molar-refractivity contribution in [2.45, 2.75) is 18.6 Å². The molecule has 172 valence electrons. The maximum absolute atomic E-state index is 14.5. The van der Waals surface area contributed by atoms with Gasteiger partial charge in [0.2, 0.25) is 5.91 Å². The molecule has 2 aromatic carbocycles. The lowest BCUT2D eigenvalue weighted by Gasteiger charge is -2.26. The van der Waals surface area contributed by atoms with Gasteiger partial charge in [0.05, 0.1) is 23.6 Å². The number of carboxylic acid groups (broad SMARTS) is 1. The number of amides is 1. The first-order valence-electron chi connectivity index (χ1n) is 9.55. The molecule has 1 aliphatic heterocycles. The van der Waals surface area contributed by atoms with Gasteiger partial charge in [-0.3, -0.25) is 4.79 Å². The summed E-state index contributed by atoms with van der Waals surface area (Å²) in [4.78, 5) is 20.8. The summed E-state index contributed by atoms with van der Waals surface area (Å²) >= 11 is 0. The van der Waals surface area contributed by atoms with E-state index in [1.165, 1.54) is 6.07 Å². The van der Waals surface area contributed by atoms with Crippen molar-refractivity contribution in [3.63, 3.8) is 0 Å². The molecule has 0 bridgehead atoms. The number of hydrogen-bond acceptors (Lipinski definition) is 5. The molecule has 1 fully saturated rings. The number of rotatable bonds is 5. The van der Waals surface area contributed by atoms with Crippen molar-refractivity contribution in [2.75, 3.05) is 13.1 Å². The highest BCUT2D eigenvalue weighted by Crippen LogP contribution is 2.23. The molecule has 3 N–H and O–H groups in total. The number of aliphatic carboxylic acids is 1. The van der Waals surface area contributed by atoms with E-state index in [0.29, 0.717) is 29.8 Å². The molecule has 2 aromatic rings. The molecular weight excluding hydrogens is 444 g/mol. The van der Waals surface area contributed by atoms with Crippen molar-refractivity contribution in [2.24, 2.45) is 5.92 Å². The average Bonchev–Trinajstić information content (AvgIpc) is 2.73. The molecule has 11 heteroatoms. The van der Waals surface area contributed by atoms with Gasteiger partial charge in [-0.05, 0) is 34.9 Å². The first-order valence-corrected chi connectivity index (χ1v) is 9.55. The molecule has 1 saturated heterocycles. The zero-order valence-corrected chi connectivity index (χ0v) is 17.0. The number of alkyl halides is 3. The van der Waals surface area contributed by atoms with Crippen LogP contribution in [0.4, 0.5) is 17.6 Å². The highest BCUT2D eigenvalue weighted by atomic mass is 19.4. The Kier molecular flexibility index (Phi) is 8.49. The second kappa shape index (κ2) is 11.1. The van der Waals surface area contributed by atoms with E-state index in [2.05, 4.69) is 10.6 Å². The van der Waals surface area contributed by atoms with E-state index in [1.54, 1.807) is 36.4 Å². The summed E-state index contributed by atoms with van der Waals surface area (Å²) in [5, 5.41) is 30.9. The topological polar surface area (TPSA) is 126 Å². The molecule has 1 heterocycles. The number of nitrogens with one attached hydrogen (secondary N) is 2. The standard InChI is InChI=1S/C20H17FN4O.C2HF3O2/c21-19-8-15(14-3-1-13(9-22)2-4-14)5-6-16(19)7-18(10-23)25-20(26)17-11-24-12-17;3-2(4,5)1(6)7/h1-6,8,17-18,24H,7,11-12H2,(H,25,26);(H,6,7)/t18-;/m0./s1. The van der Waals surface area contributed by atoms with E-state index < -0.39 is 24.0 Å². The number of benzene rings is 2. The summed E-state index contributed by atoms with van der Waals surface area (Å²) in [6, 6.07) is 15.0. The van der Waals surface area contributed by atoms with Crippen LogP contribution in [0, 0.1) is 34.4 Å². The van der Waals surface area contributed by atoms with Crippen molar-refractivity contribution in [1.29, 1.82) is 10.5 Å². The lowest BCUT2D eigenvalue weighted by atomic mass is 9.98. The minimum absolute atomic E-state index is 0.113. The van der Waals surface area contributed by atoms with E-state index >= 15 is 0 Å². The van der Waals surface area contributed by atoms with Crippen LogP contribution in [0.15, 0.2) is 42.5 Å². The van der Waals surface area contributed by atoms with Crippen LogP contribution in [0.2, 0.25) is 0 Å². The van der Waals surface area contributed by atoms with Crippen LogP contribution in [0.3, 0.4) is 0 Å². The Morgan fingerprint density at radius 3 is 2.12 bits per heavy atom. The maximum Gasteiger partial charge on any atom is 0.490 e. The Labute approximate surface area is 186 Å². The Morgan fingerprint density at radius 2 is 1.70 bits per heavy atom. The fourth-order valence-electron chi connectivity index (χ4n) is 2.74. The number of nitriles is 2. The Balaban J connectivity index is 0.000000479. The molecule has 0 spiro atoms. The maximum atomic E-state index is 14.5. The van der Waals surface area contributed by atoms with Crippen LogP contribution >= 0.6 is 0 Å². The minimum atomic E-state index is -5.08. The molecule has 1 aliphatic rings. The van der Waals surface area contributed by atoms with Crippen LogP contribution in [0.5, 0.6) is 0 Å². The van der Waals surface area contributed by atoms with Gasteiger partial charge in [-0.2, -0.15) is 23.7 Å². The molecule has 0 saturated carbocycles. The summed E-state index contributed by atoms with van der Waals surface area (Å²) in [6.45, 7) is 1.22. The number of carbonyl (C=O) groups excluding carboxylic acids is 1. The fourth-order valence-corrected chi connectivity index (χ4v) is 2.74. The molecule has 0 aromatic heterocycles. The highest BCUT2D eigenvalue weighted by Gasteiger charge is 2.38. The van der Waals surface area contributed by atoms with Crippen LogP contribution in [0.1, 0.15) is 11.1 Å². The van der Waals surface area contributed by atoms with Crippen LogP contribution in [-0.4, -0.2) is 42.3 Å². The predicted molar refractivity (Wildman–Crippen MR) is 108 cm³/mol. The predicted octanol–water partition coefficient (Wildman–Crippen LogP) is 2.77.